The first-order chi connectivity index (χ1) is 16.6. The zero-order valence-corrected chi connectivity index (χ0v) is 21.4. The van der Waals surface area contributed by atoms with Gasteiger partial charge in [-0.25, -0.2) is 12.8 Å². The average Bonchev–Trinajstić information content (AvgIpc) is 3.31. The second kappa shape index (κ2) is 11.7. The van der Waals surface area contributed by atoms with E-state index in [4.69, 9.17) is 0 Å². The maximum absolute atomic E-state index is 13.7. The molecule has 1 aliphatic carbocycles. The van der Waals surface area contributed by atoms with Gasteiger partial charge in [0.1, 0.15) is 18.4 Å². The van der Waals surface area contributed by atoms with Gasteiger partial charge in [0.25, 0.3) is 0 Å². The molecule has 0 radical (unpaired) electrons. The molecule has 0 bridgehead atoms. The summed E-state index contributed by atoms with van der Waals surface area (Å²) in [4.78, 5) is 28.4. The van der Waals surface area contributed by atoms with E-state index in [1.165, 1.54) is 17.0 Å². The fourth-order valence-corrected chi connectivity index (χ4v) is 5.33. The van der Waals surface area contributed by atoms with E-state index in [-0.39, 0.29) is 24.2 Å². The molecule has 190 valence electrons. The fourth-order valence-electron chi connectivity index (χ4n) is 4.48. The van der Waals surface area contributed by atoms with Crippen molar-refractivity contribution < 1.29 is 22.4 Å². The van der Waals surface area contributed by atoms with Crippen molar-refractivity contribution in [2.75, 3.05) is 17.1 Å². The molecule has 0 unspecified atom stereocenters. The molecule has 1 N–H and O–H groups in total. The van der Waals surface area contributed by atoms with Gasteiger partial charge in [-0.2, -0.15) is 0 Å². The highest BCUT2D eigenvalue weighted by molar-refractivity contribution is 7.92. The Balaban J connectivity index is 1.92. The van der Waals surface area contributed by atoms with Crippen LogP contribution in [0.25, 0.3) is 0 Å². The van der Waals surface area contributed by atoms with Gasteiger partial charge in [0, 0.05) is 12.6 Å². The Bertz CT molecular complexity index is 1130. The van der Waals surface area contributed by atoms with E-state index in [9.17, 15) is 22.4 Å². The molecule has 0 aromatic heterocycles. The molecule has 3 rings (SSSR count). The van der Waals surface area contributed by atoms with Gasteiger partial charge in [-0.15, -0.1) is 0 Å². The second-order valence-corrected chi connectivity index (χ2v) is 11.0. The van der Waals surface area contributed by atoms with Crippen LogP contribution < -0.4 is 9.62 Å². The molecule has 7 nitrogen and oxygen atoms in total. The second-order valence-electron chi connectivity index (χ2n) is 9.11. The molecule has 2 aromatic rings. The normalized spacial score (nSPS) is 15.0. The number of nitrogens with zero attached hydrogens (tertiary/aromatic N) is 2. The lowest BCUT2D eigenvalue weighted by molar-refractivity contribution is -0.140. The van der Waals surface area contributed by atoms with Crippen molar-refractivity contribution >= 4 is 27.5 Å². The van der Waals surface area contributed by atoms with E-state index in [1.807, 2.05) is 38.1 Å². The summed E-state index contributed by atoms with van der Waals surface area (Å²) in [6.45, 7) is 3.44. The van der Waals surface area contributed by atoms with Crippen LogP contribution in [0.1, 0.15) is 50.2 Å². The third-order valence-electron chi connectivity index (χ3n) is 6.48. The lowest BCUT2D eigenvalue weighted by Crippen LogP contribution is -2.53. The Morgan fingerprint density at radius 2 is 1.71 bits per heavy atom. The van der Waals surface area contributed by atoms with Gasteiger partial charge in [-0.1, -0.05) is 44.0 Å². The summed E-state index contributed by atoms with van der Waals surface area (Å²) in [6, 6.07) is 11.9. The van der Waals surface area contributed by atoms with E-state index in [2.05, 4.69) is 5.32 Å². The van der Waals surface area contributed by atoms with Gasteiger partial charge < -0.3 is 10.2 Å². The van der Waals surface area contributed by atoms with Gasteiger partial charge in [0.15, 0.2) is 0 Å². The quantitative estimate of drug-likeness (QED) is 0.535. The number of rotatable bonds is 10. The number of benzene rings is 2. The zero-order chi connectivity index (χ0) is 25.6. The fraction of sp³-hybridized carbons (Fsp3) is 0.462. The highest BCUT2D eigenvalue weighted by Gasteiger charge is 2.33. The molecule has 9 heteroatoms. The van der Waals surface area contributed by atoms with Crippen molar-refractivity contribution in [1.29, 1.82) is 0 Å². The van der Waals surface area contributed by atoms with Crippen molar-refractivity contribution in [3.63, 3.8) is 0 Å². The Labute approximate surface area is 207 Å². The lowest BCUT2D eigenvalue weighted by atomic mass is 10.1. The molecule has 2 aromatic carbocycles. The van der Waals surface area contributed by atoms with E-state index >= 15 is 0 Å². The Hall–Kier alpha value is -2.94. The Morgan fingerprint density at radius 1 is 1.09 bits per heavy atom. The number of carbonyl (C=O) groups excluding carboxylic acids is 2. The number of halogens is 1. The van der Waals surface area contributed by atoms with Crippen LogP contribution >= 0.6 is 0 Å². The van der Waals surface area contributed by atoms with E-state index < -0.39 is 34.3 Å². The summed E-state index contributed by atoms with van der Waals surface area (Å²) in [7, 11) is -3.85. The maximum atomic E-state index is 13.7. The first kappa shape index (κ1) is 26.7. The molecule has 1 atom stereocenters. The standard InChI is InChI=1S/C26H34FN3O4S/c1-4-24(26(32)28-22-11-7-8-12-22)29(17-20-10-6-5-9-19(20)2)25(31)18-30(35(3,33)34)23-15-13-21(27)14-16-23/h5-6,9-10,13-16,22,24H,4,7-8,11-12,17-18H2,1-3H3,(H,28,32)/t24-/m1/s1. The van der Waals surface area contributed by atoms with Gasteiger partial charge in [-0.3, -0.25) is 13.9 Å². The molecular formula is C26H34FN3O4S. The Kier molecular flexibility index (Phi) is 8.88. The largest absolute Gasteiger partial charge is 0.352 e. The highest BCUT2D eigenvalue weighted by atomic mass is 32.2. The van der Waals surface area contributed by atoms with Crippen LogP contribution in [0, 0.1) is 12.7 Å². The first-order valence-corrected chi connectivity index (χ1v) is 13.8. The molecule has 0 spiro atoms. The smallest absolute Gasteiger partial charge is 0.244 e. The SMILES string of the molecule is CC[C@H](C(=O)NC1CCCC1)N(Cc1ccccc1C)C(=O)CN(c1ccc(F)cc1)S(C)(=O)=O. The van der Waals surface area contributed by atoms with Crippen LogP contribution in [0.2, 0.25) is 0 Å². The van der Waals surface area contributed by atoms with E-state index in [0.29, 0.717) is 6.42 Å². The van der Waals surface area contributed by atoms with Crippen LogP contribution in [0.3, 0.4) is 0 Å². The predicted molar refractivity (Wildman–Crippen MR) is 135 cm³/mol. The van der Waals surface area contributed by atoms with Crippen molar-refractivity contribution in [2.45, 2.75) is 64.6 Å². The highest BCUT2D eigenvalue weighted by Crippen LogP contribution is 2.22. The van der Waals surface area contributed by atoms with Crippen molar-refractivity contribution in [2.24, 2.45) is 0 Å². The predicted octanol–water partition coefficient (Wildman–Crippen LogP) is 3.77. The van der Waals surface area contributed by atoms with E-state index in [1.54, 1.807) is 0 Å². The number of carbonyl (C=O) groups is 2. The molecular weight excluding hydrogens is 469 g/mol. The number of aryl methyl sites for hydroxylation is 1. The topological polar surface area (TPSA) is 86.8 Å². The van der Waals surface area contributed by atoms with Gasteiger partial charge >= 0.3 is 0 Å². The molecule has 35 heavy (non-hydrogen) atoms. The third-order valence-corrected chi connectivity index (χ3v) is 7.62. The summed E-state index contributed by atoms with van der Waals surface area (Å²) >= 11 is 0. The van der Waals surface area contributed by atoms with Gasteiger partial charge in [-0.05, 0) is 61.6 Å². The molecule has 0 heterocycles. The minimum atomic E-state index is -3.85. The molecule has 1 saturated carbocycles. The van der Waals surface area contributed by atoms with Gasteiger partial charge in [0.2, 0.25) is 21.8 Å². The molecule has 1 fully saturated rings. The molecule has 2 amide bonds. The lowest BCUT2D eigenvalue weighted by Gasteiger charge is -2.33. The minimum Gasteiger partial charge on any atom is -0.352 e. The third kappa shape index (κ3) is 7.04. The number of anilines is 1. The van der Waals surface area contributed by atoms with Crippen molar-refractivity contribution in [1.82, 2.24) is 10.2 Å². The number of amides is 2. The van der Waals surface area contributed by atoms with Crippen LogP contribution in [0.5, 0.6) is 0 Å². The van der Waals surface area contributed by atoms with Crippen LogP contribution in [0.15, 0.2) is 48.5 Å². The van der Waals surface area contributed by atoms with Crippen LogP contribution in [-0.2, 0) is 26.2 Å². The number of sulfonamides is 1. The zero-order valence-electron chi connectivity index (χ0n) is 20.5. The van der Waals surface area contributed by atoms with Gasteiger partial charge in [0.05, 0.1) is 11.9 Å². The number of nitrogens with one attached hydrogen (secondary N) is 1. The average molecular weight is 504 g/mol. The van der Waals surface area contributed by atoms with Crippen molar-refractivity contribution in [3.8, 4) is 0 Å². The molecule has 0 aliphatic heterocycles. The summed E-state index contributed by atoms with van der Waals surface area (Å²) in [5, 5.41) is 3.08. The number of hydrogen-bond donors (Lipinski definition) is 1. The molecule has 1 aliphatic rings. The molecule has 0 saturated heterocycles. The summed E-state index contributed by atoms with van der Waals surface area (Å²) in [5.74, 6) is -1.24. The summed E-state index contributed by atoms with van der Waals surface area (Å²) in [5.41, 5.74) is 2.03. The minimum absolute atomic E-state index is 0.0960. The summed E-state index contributed by atoms with van der Waals surface area (Å²) in [6.07, 6.45) is 5.34. The van der Waals surface area contributed by atoms with E-state index in [0.717, 1.165) is 59.5 Å². The first-order valence-electron chi connectivity index (χ1n) is 12.0. The number of hydrogen-bond acceptors (Lipinski definition) is 4. The Morgan fingerprint density at radius 3 is 2.29 bits per heavy atom. The van der Waals surface area contributed by atoms with Crippen molar-refractivity contribution in [3.05, 3.63) is 65.5 Å². The van der Waals surface area contributed by atoms with Crippen LogP contribution in [0.4, 0.5) is 10.1 Å². The summed E-state index contributed by atoms with van der Waals surface area (Å²) < 4.78 is 39.5. The maximum Gasteiger partial charge on any atom is 0.244 e. The monoisotopic (exact) mass is 503 g/mol. The van der Waals surface area contributed by atoms with Crippen LogP contribution in [-0.4, -0.2) is 50.0 Å².